The van der Waals surface area contributed by atoms with E-state index < -0.39 is 9.84 Å². The fourth-order valence-corrected chi connectivity index (χ4v) is 3.88. The maximum atomic E-state index is 11.7. The van der Waals surface area contributed by atoms with Crippen molar-refractivity contribution in [2.75, 3.05) is 6.26 Å². The zero-order valence-electron chi connectivity index (χ0n) is 11.4. The Balaban J connectivity index is 2.12. The Morgan fingerprint density at radius 1 is 1.35 bits per heavy atom. The maximum Gasteiger partial charge on any atom is 0.150 e. The lowest BCUT2D eigenvalue weighted by Crippen LogP contribution is -2.33. The van der Waals surface area contributed by atoms with Gasteiger partial charge in [-0.1, -0.05) is 24.4 Å². The van der Waals surface area contributed by atoms with Gasteiger partial charge in [-0.3, -0.25) is 0 Å². The molecule has 2 unspecified atom stereocenters. The summed E-state index contributed by atoms with van der Waals surface area (Å²) in [6.45, 7) is 0. The van der Waals surface area contributed by atoms with E-state index in [-0.39, 0.29) is 16.3 Å². The van der Waals surface area contributed by atoms with Gasteiger partial charge in [0.25, 0.3) is 0 Å². The van der Waals surface area contributed by atoms with Crippen LogP contribution in [0.15, 0.2) is 24.3 Å². The first-order chi connectivity index (χ1) is 9.38. The minimum atomic E-state index is -3.01. The zero-order chi connectivity index (χ0) is 14.8. The topological polar surface area (TPSA) is 69.4 Å². The van der Waals surface area contributed by atoms with Crippen LogP contribution in [0.5, 0.6) is 5.75 Å². The Labute approximate surface area is 125 Å². The van der Waals surface area contributed by atoms with Crippen LogP contribution >= 0.6 is 12.2 Å². The highest BCUT2D eigenvalue weighted by Gasteiger charge is 2.30. The molecule has 6 heteroatoms. The van der Waals surface area contributed by atoms with E-state index in [2.05, 4.69) is 0 Å². The van der Waals surface area contributed by atoms with E-state index in [4.69, 9.17) is 22.7 Å². The number of hydrogen-bond donors (Lipinski definition) is 1. The Morgan fingerprint density at radius 3 is 2.70 bits per heavy atom. The number of sulfone groups is 1. The molecule has 1 aromatic rings. The summed E-state index contributed by atoms with van der Waals surface area (Å²) < 4.78 is 29.3. The summed E-state index contributed by atoms with van der Waals surface area (Å²) in [6, 6.07) is 7.34. The molecule has 2 atom stereocenters. The molecule has 1 aliphatic carbocycles. The van der Waals surface area contributed by atoms with Crippen LogP contribution in [0.25, 0.3) is 0 Å². The first-order valence-electron chi connectivity index (χ1n) is 6.62. The molecule has 0 amide bonds. The van der Waals surface area contributed by atoms with Gasteiger partial charge in [0.1, 0.15) is 20.6 Å². The first kappa shape index (κ1) is 15.3. The molecule has 110 valence electrons. The van der Waals surface area contributed by atoms with Gasteiger partial charge in [-0.15, -0.1) is 0 Å². The Bertz CT molecular complexity index is 598. The molecule has 1 saturated carbocycles. The second kappa shape index (κ2) is 6.10. The number of para-hydroxylation sites is 1. The lowest BCUT2D eigenvalue weighted by atomic mass is 9.97. The Morgan fingerprint density at radius 2 is 2.05 bits per heavy atom. The van der Waals surface area contributed by atoms with Crippen molar-refractivity contribution >= 4 is 27.0 Å². The molecule has 0 bridgehead atoms. The van der Waals surface area contributed by atoms with Gasteiger partial charge in [-0.2, -0.15) is 0 Å². The second-order valence-corrected chi connectivity index (χ2v) is 7.98. The largest absolute Gasteiger partial charge is 0.490 e. The van der Waals surface area contributed by atoms with Gasteiger partial charge in [-0.25, -0.2) is 8.42 Å². The van der Waals surface area contributed by atoms with Crippen LogP contribution in [0.1, 0.15) is 31.2 Å². The van der Waals surface area contributed by atoms with Gasteiger partial charge in [-0.05, 0) is 31.4 Å². The van der Waals surface area contributed by atoms with Crippen molar-refractivity contribution in [3.63, 3.8) is 0 Å². The molecule has 0 aromatic heterocycles. The summed E-state index contributed by atoms with van der Waals surface area (Å²) in [5, 5.41) is -0.307. The van der Waals surface area contributed by atoms with E-state index in [0.717, 1.165) is 19.3 Å². The van der Waals surface area contributed by atoms with Crippen LogP contribution in [-0.2, 0) is 9.84 Å². The van der Waals surface area contributed by atoms with E-state index in [1.807, 2.05) is 24.3 Å². The fraction of sp³-hybridized carbons (Fsp3) is 0.500. The van der Waals surface area contributed by atoms with Gasteiger partial charge in [0.15, 0.2) is 0 Å². The van der Waals surface area contributed by atoms with Gasteiger partial charge >= 0.3 is 0 Å². The predicted octanol–water partition coefficient (Wildman–Crippen LogP) is 2.06. The highest BCUT2D eigenvalue weighted by Crippen LogP contribution is 2.28. The van der Waals surface area contributed by atoms with Crippen molar-refractivity contribution in [1.29, 1.82) is 0 Å². The molecule has 0 heterocycles. The molecule has 1 aromatic carbocycles. The van der Waals surface area contributed by atoms with Crippen LogP contribution in [0.3, 0.4) is 0 Å². The van der Waals surface area contributed by atoms with Crippen molar-refractivity contribution in [2.45, 2.75) is 37.0 Å². The molecule has 0 aliphatic heterocycles. The predicted molar refractivity (Wildman–Crippen MR) is 83.8 cm³/mol. The summed E-state index contributed by atoms with van der Waals surface area (Å²) in [7, 11) is -3.01. The summed E-state index contributed by atoms with van der Waals surface area (Å²) in [5.41, 5.74) is 6.37. The number of ether oxygens (including phenoxy) is 1. The molecule has 2 N–H and O–H groups in total. The molecular weight excluding hydrogens is 294 g/mol. The van der Waals surface area contributed by atoms with Crippen molar-refractivity contribution in [3.8, 4) is 5.75 Å². The average Bonchev–Trinajstić information content (AvgIpc) is 2.38. The molecule has 2 rings (SSSR count). The summed E-state index contributed by atoms with van der Waals surface area (Å²) in [5.74, 6) is 0.638. The number of hydrogen-bond acceptors (Lipinski definition) is 4. The van der Waals surface area contributed by atoms with E-state index >= 15 is 0 Å². The van der Waals surface area contributed by atoms with E-state index in [0.29, 0.717) is 17.7 Å². The third kappa shape index (κ3) is 3.70. The van der Waals surface area contributed by atoms with Crippen molar-refractivity contribution < 1.29 is 13.2 Å². The Kier molecular flexibility index (Phi) is 4.65. The smallest absolute Gasteiger partial charge is 0.150 e. The second-order valence-electron chi connectivity index (χ2n) is 5.22. The van der Waals surface area contributed by atoms with Crippen LogP contribution in [0, 0.1) is 0 Å². The minimum absolute atomic E-state index is 0.0982. The highest BCUT2D eigenvalue weighted by atomic mass is 32.2. The molecule has 0 saturated heterocycles. The number of rotatable bonds is 4. The molecule has 1 aliphatic rings. The van der Waals surface area contributed by atoms with Crippen molar-refractivity contribution in [3.05, 3.63) is 29.8 Å². The number of nitrogens with two attached hydrogens (primary N) is 1. The lowest BCUT2D eigenvalue weighted by Gasteiger charge is -2.29. The standard InChI is InChI=1S/C14H19NO3S2/c1-20(16,17)11-6-4-5-10(9-11)18-13-8-3-2-7-12(13)14(15)19/h2-3,7-8,10-11H,4-6,9H2,1H3,(H2,15,19). The van der Waals surface area contributed by atoms with Gasteiger partial charge in [0.05, 0.1) is 16.9 Å². The summed E-state index contributed by atoms with van der Waals surface area (Å²) >= 11 is 5.00. The third-order valence-electron chi connectivity index (χ3n) is 3.63. The minimum Gasteiger partial charge on any atom is -0.490 e. The average molecular weight is 313 g/mol. The van der Waals surface area contributed by atoms with Gasteiger partial charge in [0, 0.05) is 12.7 Å². The lowest BCUT2D eigenvalue weighted by molar-refractivity contribution is 0.156. The fourth-order valence-electron chi connectivity index (χ4n) is 2.55. The van der Waals surface area contributed by atoms with Gasteiger partial charge < -0.3 is 10.5 Å². The number of thiocarbonyl (C=S) groups is 1. The highest BCUT2D eigenvalue weighted by molar-refractivity contribution is 7.91. The maximum absolute atomic E-state index is 11.7. The van der Waals surface area contributed by atoms with Crippen LogP contribution in [-0.4, -0.2) is 31.0 Å². The van der Waals surface area contributed by atoms with Crippen LogP contribution in [0.4, 0.5) is 0 Å². The van der Waals surface area contributed by atoms with Crippen molar-refractivity contribution in [1.82, 2.24) is 0 Å². The zero-order valence-corrected chi connectivity index (χ0v) is 13.0. The molecule has 20 heavy (non-hydrogen) atoms. The quantitative estimate of drug-likeness (QED) is 0.862. The van der Waals surface area contributed by atoms with E-state index in [1.54, 1.807) is 0 Å². The molecule has 4 nitrogen and oxygen atoms in total. The van der Waals surface area contributed by atoms with Crippen molar-refractivity contribution in [2.24, 2.45) is 5.73 Å². The summed E-state index contributed by atoms with van der Waals surface area (Å²) in [6.07, 6.45) is 4.16. The van der Waals surface area contributed by atoms with Crippen LogP contribution in [0.2, 0.25) is 0 Å². The third-order valence-corrected chi connectivity index (χ3v) is 5.49. The molecule has 1 fully saturated rings. The number of benzene rings is 1. The SMILES string of the molecule is CS(=O)(=O)C1CCCC(Oc2ccccc2C(N)=S)C1. The molecule has 0 spiro atoms. The molecule has 0 radical (unpaired) electrons. The Hall–Kier alpha value is -1.14. The normalized spacial score (nSPS) is 23.2. The first-order valence-corrected chi connectivity index (χ1v) is 8.98. The summed E-state index contributed by atoms with van der Waals surface area (Å²) in [4.78, 5) is 0.288. The van der Waals surface area contributed by atoms with Crippen LogP contribution < -0.4 is 10.5 Å². The van der Waals surface area contributed by atoms with E-state index in [1.165, 1.54) is 6.26 Å². The van der Waals surface area contributed by atoms with Gasteiger partial charge in [0.2, 0.25) is 0 Å². The molecular formula is C14H19NO3S2. The monoisotopic (exact) mass is 313 g/mol. The van der Waals surface area contributed by atoms with E-state index in [9.17, 15) is 8.42 Å².